The molecular formula is C27H31N3O5. The number of carbonyl (C=O) groups excluding carboxylic acids is 2. The quantitative estimate of drug-likeness (QED) is 0.370. The first-order chi connectivity index (χ1) is 16.8. The van der Waals surface area contributed by atoms with E-state index < -0.39 is 0 Å². The highest BCUT2D eigenvalue weighted by Crippen LogP contribution is 2.38. The topological polar surface area (TPSA) is 92.5 Å². The van der Waals surface area contributed by atoms with Gasteiger partial charge in [0.15, 0.2) is 0 Å². The number of hydrogen-bond donors (Lipinski definition) is 0. The first kappa shape index (κ1) is 24.4. The van der Waals surface area contributed by atoms with E-state index in [9.17, 15) is 9.59 Å². The Bertz CT molecular complexity index is 1250. The van der Waals surface area contributed by atoms with Gasteiger partial charge in [-0.3, -0.25) is 9.59 Å². The second-order valence-corrected chi connectivity index (χ2v) is 9.09. The summed E-state index contributed by atoms with van der Waals surface area (Å²) in [5.74, 6) is 0.557. The molecule has 1 aliphatic rings. The zero-order valence-corrected chi connectivity index (χ0v) is 20.8. The molecule has 2 aromatic carbocycles. The molecule has 1 heterocycles. The van der Waals surface area contributed by atoms with E-state index in [0.29, 0.717) is 17.2 Å². The third-order valence-electron chi connectivity index (χ3n) is 6.81. The number of para-hydroxylation sites is 2. The summed E-state index contributed by atoms with van der Waals surface area (Å²) >= 11 is 0. The smallest absolute Gasteiger partial charge is 0.309 e. The van der Waals surface area contributed by atoms with Crippen molar-refractivity contribution in [2.45, 2.75) is 53.6 Å². The van der Waals surface area contributed by atoms with Gasteiger partial charge in [-0.05, 0) is 79.5 Å². The number of aryl methyl sites for hydroxylation is 1. The highest BCUT2D eigenvalue weighted by Gasteiger charge is 2.31. The van der Waals surface area contributed by atoms with Crippen molar-refractivity contribution in [1.82, 2.24) is 15.0 Å². The van der Waals surface area contributed by atoms with Gasteiger partial charge in [0, 0.05) is 6.92 Å². The molecule has 0 bridgehead atoms. The predicted molar refractivity (Wildman–Crippen MR) is 130 cm³/mol. The van der Waals surface area contributed by atoms with Crippen LogP contribution in [-0.2, 0) is 33.8 Å². The fraction of sp³-hybridized carbons (Fsp3) is 0.407. The number of benzene rings is 2. The average Bonchev–Trinajstić information content (AvgIpc) is 3.33. The Labute approximate surface area is 205 Å². The van der Waals surface area contributed by atoms with E-state index in [1.807, 2.05) is 51.1 Å². The molecular weight excluding hydrogens is 446 g/mol. The van der Waals surface area contributed by atoms with Crippen molar-refractivity contribution >= 4 is 11.9 Å². The third kappa shape index (κ3) is 5.21. The Morgan fingerprint density at radius 3 is 2.69 bits per heavy atom. The molecule has 8 nitrogen and oxygen atoms in total. The summed E-state index contributed by atoms with van der Waals surface area (Å²) in [7, 11) is 1.60. The molecule has 35 heavy (non-hydrogen) atoms. The zero-order valence-electron chi connectivity index (χ0n) is 20.8. The highest BCUT2D eigenvalue weighted by atomic mass is 16.5. The average molecular weight is 478 g/mol. The van der Waals surface area contributed by atoms with Crippen molar-refractivity contribution in [2.75, 3.05) is 7.11 Å². The lowest BCUT2D eigenvalue weighted by Crippen LogP contribution is -2.29. The molecule has 0 aliphatic heterocycles. The molecule has 0 radical (unpaired) electrons. The second-order valence-electron chi connectivity index (χ2n) is 9.09. The van der Waals surface area contributed by atoms with Gasteiger partial charge < -0.3 is 14.2 Å². The van der Waals surface area contributed by atoms with Gasteiger partial charge in [0.25, 0.3) is 0 Å². The molecule has 0 spiro atoms. The molecule has 0 saturated heterocycles. The molecule has 0 saturated carbocycles. The maximum absolute atomic E-state index is 12.9. The second kappa shape index (κ2) is 10.3. The molecule has 8 heteroatoms. The number of fused-ring (bicyclic) bond motifs is 1. The molecule has 1 aliphatic carbocycles. The van der Waals surface area contributed by atoms with Crippen LogP contribution in [0, 0.1) is 25.7 Å². The van der Waals surface area contributed by atoms with Gasteiger partial charge in [0.1, 0.15) is 29.5 Å². The highest BCUT2D eigenvalue weighted by molar-refractivity contribution is 5.73. The first-order valence-corrected chi connectivity index (χ1v) is 11.8. The minimum absolute atomic E-state index is 0.0519. The van der Waals surface area contributed by atoms with E-state index in [1.165, 1.54) is 18.1 Å². The van der Waals surface area contributed by atoms with Crippen LogP contribution < -0.4 is 9.47 Å². The molecule has 4 rings (SSSR count). The van der Waals surface area contributed by atoms with Crippen molar-refractivity contribution in [3.8, 4) is 17.2 Å². The number of nitrogens with zero attached hydrogens (tertiary/aromatic N) is 3. The minimum Gasteiger partial charge on any atom is -0.494 e. The molecule has 0 N–H and O–H groups in total. The number of rotatable bonds is 7. The van der Waals surface area contributed by atoms with Crippen LogP contribution in [0.5, 0.6) is 11.5 Å². The molecule has 1 aromatic heterocycles. The van der Waals surface area contributed by atoms with Crippen molar-refractivity contribution in [3.05, 3.63) is 64.5 Å². The van der Waals surface area contributed by atoms with Crippen molar-refractivity contribution in [1.29, 1.82) is 0 Å². The van der Waals surface area contributed by atoms with Crippen LogP contribution in [0.1, 0.15) is 48.2 Å². The van der Waals surface area contributed by atoms with Gasteiger partial charge in [0.05, 0.1) is 19.2 Å². The van der Waals surface area contributed by atoms with Crippen LogP contribution in [-0.4, -0.2) is 34.0 Å². The number of carbonyl (C=O) groups is 2. The monoisotopic (exact) mass is 477 g/mol. The van der Waals surface area contributed by atoms with Gasteiger partial charge in [-0.2, -0.15) is 0 Å². The van der Waals surface area contributed by atoms with E-state index in [4.69, 9.17) is 14.2 Å². The maximum Gasteiger partial charge on any atom is 0.309 e. The zero-order chi connectivity index (χ0) is 25.1. The number of esters is 2. The summed E-state index contributed by atoms with van der Waals surface area (Å²) in [6.45, 7) is 7.40. The van der Waals surface area contributed by atoms with Crippen LogP contribution >= 0.6 is 0 Å². The van der Waals surface area contributed by atoms with Crippen LogP contribution in [0.3, 0.4) is 0 Å². The molecule has 0 amide bonds. The van der Waals surface area contributed by atoms with Crippen molar-refractivity contribution in [2.24, 2.45) is 11.8 Å². The molecule has 2 atom stereocenters. The lowest BCUT2D eigenvalue weighted by Gasteiger charge is -2.31. The summed E-state index contributed by atoms with van der Waals surface area (Å²) in [4.78, 5) is 24.4. The van der Waals surface area contributed by atoms with E-state index in [0.717, 1.165) is 36.1 Å². The van der Waals surface area contributed by atoms with Crippen molar-refractivity contribution in [3.63, 3.8) is 0 Å². The van der Waals surface area contributed by atoms with Gasteiger partial charge >= 0.3 is 11.9 Å². The summed E-state index contributed by atoms with van der Waals surface area (Å²) in [5.41, 5.74) is 5.88. The standard InChI is InChI=1S/C27H31N3O5/c1-16-12-26(35-19(4)31)18(3)23-13-20(10-11-22(16)23)17(2)27(32)34-15-21-14-30(29-28-21)24-8-6-7-9-25(24)33-5/h6-9,12,14,17,20H,10-11,13,15H2,1-5H3. The number of ether oxygens (including phenoxy) is 3. The number of aromatic nitrogens is 3. The Morgan fingerprint density at radius 2 is 1.94 bits per heavy atom. The fourth-order valence-electron chi connectivity index (χ4n) is 4.78. The Kier molecular flexibility index (Phi) is 7.19. The molecule has 0 fully saturated rings. The number of hydrogen-bond acceptors (Lipinski definition) is 7. The van der Waals surface area contributed by atoms with Gasteiger partial charge in [0.2, 0.25) is 0 Å². The SMILES string of the molecule is COc1ccccc1-n1cc(COC(=O)C(C)C2CCc3c(C)cc(OC(C)=O)c(C)c3C2)nn1. The molecule has 2 unspecified atom stereocenters. The summed E-state index contributed by atoms with van der Waals surface area (Å²) < 4.78 is 18.0. The summed E-state index contributed by atoms with van der Waals surface area (Å²) in [5, 5.41) is 8.27. The first-order valence-electron chi connectivity index (χ1n) is 11.8. The van der Waals surface area contributed by atoms with Crippen LogP contribution in [0.2, 0.25) is 0 Å². The van der Waals surface area contributed by atoms with Crippen LogP contribution in [0.15, 0.2) is 36.5 Å². The number of methoxy groups -OCH3 is 1. The van der Waals surface area contributed by atoms with E-state index in [2.05, 4.69) is 10.3 Å². The van der Waals surface area contributed by atoms with Gasteiger partial charge in [-0.25, -0.2) is 4.68 Å². The largest absolute Gasteiger partial charge is 0.494 e. The van der Waals surface area contributed by atoms with E-state index >= 15 is 0 Å². The van der Waals surface area contributed by atoms with Gasteiger partial charge in [-0.1, -0.05) is 24.3 Å². The normalized spacial score (nSPS) is 15.7. The van der Waals surface area contributed by atoms with Crippen LogP contribution in [0.4, 0.5) is 0 Å². The van der Waals surface area contributed by atoms with E-state index in [1.54, 1.807) is 18.0 Å². The Morgan fingerprint density at radius 1 is 1.17 bits per heavy atom. The minimum atomic E-state index is -0.334. The molecule has 3 aromatic rings. The summed E-state index contributed by atoms with van der Waals surface area (Å²) in [6.07, 6.45) is 4.27. The summed E-state index contributed by atoms with van der Waals surface area (Å²) in [6, 6.07) is 9.43. The fourth-order valence-corrected chi connectivity index (χ4v) is 4.78. The van der Waals surface area contributed by atoms with Crippen LogP contribution in [0.25, 0.3) is 5.69 Å². The predicted octanol–water partition coefficient (Wildman–Crippen LogP) is 4.30. The third-order valence-corrected chi connectivity index (χ3v) is 6.81. The maximum atomic E-state index is 12.9. The van der Waals surface area contributed by atoms with E-state index in [-0.39, 0.29) is 30.4 Å². The van der Waals surface area contributed by atoms with Crippen molar-refractivity contribution < 1.29 is 23.8 Å². The van der Waals surface area contributed by atoms with Gasteiger partial charge in [-0.15, -0.1) is 5.10 Å². The Hall–Kier alpha value is -3.68. The lowest BCUT2D eigenvalue weighted by molar-refractivity contribution is -0.151. The lowest BCUT2D eigenvalue weighted by atomic mass is 9.75. The molecule has 184 valence electrons. The Balaban J connectivity index is 1.41.